The topological polar surface area (TPSA) is 82.5 Å². The molecule has 2 rings (SSSR count). The van der Waals surface area contributed by atoms with Crippen molar-refractivity contribution in [2.75, 3.05) is 19.6 Å². The monoisotopic (exact) mass is 297 g/mol. The highest BCUT2D eigenvalue weighted by Crippen LogP contribution is 2.18. The summed E-state index contributed by atoms with van der Waals surface area (Å²) in [6.07, 6.45) is 2.75. The van der Waals surface area contributed by atoms with E-state index in [4.69, 9.17) is 5.11 Å². The van der Waals surface area contributed by atoms with Gasteiger partial charge in [-0.15, -0.1) is 11.3 Å². The molecule has 0 radical (unpaired) electrons. The molecule has 1 fully saturated rings. The Hall–Kier alpha value is -1.47. The van der Waals surface area contributed by atoms with Gasteiger partial charge in [0.1, 0.15) is 0 Å². The van der Waals surface area contributed by atoms with Crippen molar-refractivity contribution in [1.29, 1.82) is 0 Å². The molecule has 0 saturated carbocycles. The molecule has 0 bridgehead atoms. The first kappa shape index (κ1) is 14.9. The maximum Gasteiger partial charge on any atom is 0.355 e. The third-order valence-corrected chi connectivity index (χ3v) is 4.21. The van der Waals surface area contributed by atoms with Crippen LogP contribution in [0.4, 0.5) is 0 Å². The summed E-state index contributed by atoms with van der Waals surface area (Å²) in [6.45, 7) is 4.55. The fourth-order valence-corrected chi connectivity index (χ4v) is 3.15. The van der Waals surface area contributed by atoms with Crippen molar-refractivity contribution >= 4 is 23.2 Å². The molecule has 0 aliphatic carbocycles. The van der Waals surface area contributed by atoms with Gasteiger partial charge in [-0.3, -0.25) is 4.79 Å². The van der Waals surface area contributed by atoms with Crippen LogP contribution in [0, 0.1) is 0 Å². The number of nitrogens with one attached hydrogen (secondary N) is 1. The molecule has 1 amide bonds. The zero-order valence-corrected chi connectivity index (χ0v) is 12.3. The summed E-state index contributed by atoms with van der Waals surface area (Å²) in [5.74, 6) is -1.24. The molecule has 0 atom stereocenters. The lowest BCUT2D eigenvalue weighted by Crippen LogP contribution is -2.46. The van der Waals surface area contributed by atoms with Gasteiger partial charge in [-0.1, -0.05) is 6.92 Å². The Morgan fingerprint density at radius 3 is 2.75 bits per heavy atom. The Balaban J connectivity index is 2.14. The Morgan fingerprint density at radius 2 is 2.20 bits per heavy atom. The Bertz CT molecular complexity index is 483. The Kier molecular flexibility index (Phi) is 5.08. The van der Waals surface area contributed by atoms with E-state index < -0.39 is 5.97 Å². The minimum absolute atomic E-state index is 0.0555. The van der Waals surface area contributed by atoms with Crippen LogP contribution in [-0.2, 0) is 0 Å². The van der Waals surface area contributed by atoms with Crippen molar-refractivity contribution < 1.29 is 14.7 Å². The number of carboxylic acid groups (broad SMARTS) is 1. The molecule has 6 nitrogen and oxygen atoms in total. The number of carbonyl (C=O) groups is 2. The molecule has 0 unspecified atom stereocenters. The smallest absolute Gasteiger partial charge is 0.355 e. The van der Waals surface area contributed by atoms with Crippen LogP contribution in [0.3, 0.4) is 0 Å². The molecule has 1 saturated heterocycles. The Labute approximate surface area is 121 Å². The number of rotatable bonds is 5. The summed E-state index contributed by atoms with van der Waals surface area (Å²) in [4.78, 5) is 29.1. The zero-order valence-electron chi connectivity index (χ0n) is 11.5. The van der Waals surface area contributed by atoms with Gasteiger partial charge in [0.15, 0.2) is 10.7 Å². The Morgan fingerprint density at radius 1 is 1.50 bits per heavy atom. The van der Waals surface area contributed by atoms with Crippen LogP contribution in [0.1, 0.15) is 46.5 Å². The van der Waals surface area contributed by atoms with Gasteiger partial charge in [0.25, 0.3) is 5.91 Å². The van der Waals surface area contributed by atoms with Gasteiger partial charge < -0.3 is 15.3 Å². The van der Waals surface area contributed by atoms with E-state index in [0.717, 1.165) is 43.7 Å². The van der Waals surface area contributed by atoms with Crippen LogP contribution in [-0.4, -0.2) is 52.5 Å². The standard InChI is InChI=1S/C13H19N3O3S/c1-2-7-16(9-3-5-14-6-4-9)12(17)11-15-10(8-20-11)13(18)19/h8-9,14H,2-7H2,1H3,(H,18,19). The first-order valence-electron chi connectivity index (χ1n) is 6.84. The van der Waals surface area contributed by atoms with Crippen molar-refractivity contribution in [2.24, 2.45) is 0 Å². The quantitative estimate of drug-likeness (QED) is 0.859. The van der Waals surface area contributed by atoms with E-state index in [1.807, 2.05) is 11.8 Å². The lowest BCUT2D eigenvalue weighted by Gasteiger charge is -2.34. The van der Waals surface area contributed by atoms with Crippen molar-refractivity contribution in [3.05, 3.63) is 16.1 Å². The first-order valence-corrected chi connectivity index (χ1v) is 7.72. The molecule has 2 heterocycles. The molecule has 1 aliphatic rings. The van der Waals surface area contributed by atoms with Gasteiger partial charge in [-0.05, 0) is 32.4 Å². The molecule has 1 aromatic heterocycles. The van der Waals surface area contributed by atoms with Crippen molar-refractivity contribution in [3.8, 4) is 0 Å². The minimum atomic E-state index is -1.09. The van der Waals surface area contributed by atoms with Gasteiger partial charge in [-0.2, -0.15) is 0 Å². The van der Waals surface area contributed by atoms with Gasteiger partial charge >= 0.3 is 5.97 Å². The summed E-state index contributed by atoms with van der Waals surface area (Å²) >= 11 is 1.11. The van der Waals surface area contributed by atoms with E-state index >= 15 is 0 Å². The molecular formula is C13H19N3O3S. The summed E-state index contributed by atoms with van der Waals surface area (Å²) in [6, 6.07) is 0.223. The number of carbonyl (C=O) groups excluding carboxylic acids is 1. The van der Waals surface area contributed by atoms with Gasteiger partial charge in [0.2, 0.25) is 0 Å². The molecule has 0 spiro atoms. The largest absolute Gasteiger partial charge is 0.476 e. The van der Waals surface area contributed by atoms with Gasteiger partial charge in [0.05, 0.1) is 0 Å². The first-order chi connectivity index (χ1) is 9.63. The normalized spacial score (nSPS) is 16.1. The lowest BCUT2D eigenvalue weighted by atomic mass is 10.0. The van der Waals surface area contributed by atoms with Crippen LogP contribution in [0.25, 0.3) is 0 Å². The number of thiazole rings is 1. The second-order valence-corrected chi connectivity index (χ2v) is 5.68. The van der Waals surface area contributed by atoms with E-state index in [1.165, 1.54) is 5.38 Å². The van der Waals surface area contributed by atoms with Gasteiger partial charge in [0, 0.05) is 18.0 Å². The molecule has 20 heavy (non-hydrogen) atoms. The summed E-state index contributed by atoms with van der Waals surface area (Å²) in [7, 11) is 0. The van der Waals surface area contributed by atoms with Gasteiger partial charge in [-0.25, -0.2) is 9.78 Å². The third-order valence-electron chi connectivity index (χ3n) is 3.38. The molecule has 1 aromatic rings. The fourth-order valence-electron chi connectivity index (χ4n) is 2.40. The number of amides is 1. The van der Waals surface area contributed by atoms with Crippen molar-refractivity contribution in [2.45, 2.75) is 32.2 Å². The van der Waals surface area contributed by atoms with Crippen LogP contribution in [0.2, 0.25) is 0 Å². The molecule has 1 aliphatic heterocycles. The van der Waals surface area contributed by atoms with Crippen LogP contribution in [0.15, 0.2) is 5.38 Å². The second kappa shape index (κ2) is 6.81. The van der Waals surface area contributed by atoms with E-state index in [-0.39, 0.29) is 22.7 Å². The number of piperidine rings is 1. The average molecular weight is 297 g/mol. The highest BCUT2D eigenvalue weighted by Gasteiger charge is 2.27. The highest BCUT2D eigenvalue weighted by atomic mass is 32.1. The number of hydrogen-bond donors (Lipinski definition) is 2. The number of aromatic carboxylic acids is 1. The summed E-state index contributed by atoms with van der Waals surface area (Å²) in [5.41, 5.74) is -0.0555. The molecule has 110 valence electrons. The zero-order chi connectivity index (χ0) is 14.5. The number of nitrogens with zero attached hydrogens (tertiary/aromatic N) is 2. The minimum Gasteiger partial charge on any atom is -0.476 e. The number of carboxylic acids is 1. The van der Waals surface area contributed by atoms with Crippen LogP contribution in [0.5, 0.6) is 0 Å². The van der Waals surface area contributed by atoms with E-state index in [0.29, 0.717) is 6.54 Å². The third kappa shape index (κ3) is 3.34. The predicted molar refractivity (Wildman–Crippen MR) is 76.3 cm³/mol. The fraction of sp³-hybridized carbons (Fsp3) is 0.615. The maximum absolute atomic E-state index is 12.5. The average Bonchev–Trinajstić information content (AvgIpc) is 2.95. The molecule has 2 N–H and O–H groups in total. The van der Waals surface area contributed by atoms with Crippen LogP contribution < -0.4 is 5.32 Å². The number of aromatic nitrogens is 1. The second-order valence-electron chi connectivity index (χ2n) is 4.82. The van der Waals surface area contributed by atoms with Crippen molar-refractivity contribution in [3.63, 3.8) is 0 Å². The SMILES string of the molecule is CCCN(C(=O)c1nc(C(=O)O)cs1)C1CCNCC1. The van der Waals surface area contributed by atoms with Crippen molar-refractivity contribution in [1.82, 2.24) is 15.2 Å². The number of hydrogen-bond acceptors (Lipinski definition) is 5. The molecular weight excluding hydrogens is 278 g/mol. The summed E-state index contributed by atoms with van der Waals surface area (Å²) < 4.78 is 0. The lowest BCUT2D eigenvalue weighted by molar-refractivity contribution is 0.0642. The van der Waals surface area contributed by atoms with E-state index in [1.54, 1.807) is 0 Å². The van der Waals surface area contributed by atoms with Crippen LogP contribution >= 0.6 is 11.3 Å². The maximum atomic E-state index is 12.5. The van der Waals surface area contributed by atoms with E-state index in [2.05, 4.69) is 10.3 Å². The predicted octanol–water partition coefficient (Wildman–Crippen LogP) is 1.45. The summed E-state index contributed by atoms with van der Waals surface area (Å²) in [5, 5.41) is 13.9. The molecule has 7 heteroatoms. The molecule has 0 aromatic carbocycles. The highest BCUT2D eigenvalue weighted by molar-refractivity contribution is 7.11. The van der Waals surface area contributed by atoms with E-state index in [9.17, 15) is 9.59 Å².